The second-order valence-corrected chi connectivity index (χ2v) is 4.23. The first-order valence-corrected chi connectivity index (χ1v) is 6.14. The average molecular weight is 266 g/mol. The summed E-state index contributed by atoms with van der Waals surface area (Å²) >= 11 is 0. The molecule has 0 radical (unpaired) electrons. The Labute approximate surface area is 117 Å². The topological polar surface area (TPSA) is 62.1 Å². The summed E-state index contributed by atoms with van der Waals surface area (Å²) in [6, 6.07) is 16.6. The van der Waals surface area contributed by atoms with Crippen molar-refractivity contribution in [3.63, 3.8) is 0 Å². The Morgan fingerprint density at radius 3 is 2.65 bits per heavy atom. The molecule has 0 aliphatic rings. The third kappa shape index (κ3) is 3.36. The van der Waals surface area contributed by atoms with Crippen molar-refractivity contribution in [2.75, 3.05) is 12.4 Å². The van der Waals surface area contributed by atoms with Crippen LogP contribution in [0.2, 0.25) is 0 Å². The summed E-state index contributed by atoms with van der Waals surface area (Å²) in [6.45, 7) is 0.621. The summed E-state index contributed by atoms with van der Waals surface area (Å²) in [5.74, 6) is -0.355. The highest BCUT2D eigenvalue weighted by atomic mass is 16.5. The van der Waals surface area contributed by atoms with E-state index in [0.717, 1.165) is 11.3 Å². The lowest BCUT2D eigenvalue weighted by atomic mass is 10.1. The van der Waals surface area contributed by atoms with Crippen LogP contribution in [0.4, 0.5) is 5.69 Å². The van der Waals surface area contributed by atoms with Crippen molar-refractivity contribution in [3.8, 4) is 6.07 Å². The van der Waals surface area contributed by atoms with Gasteiger partial charge in [-0.1, -0.05) is 18.2 Å². The second kappa shape index (κ2) is 6.39. The summed E-state index contributed by atoms with van der Waals surface area (Å²) in [6.07, 6.45) is 0. The molecule has 4 heteroatoms. The van der Waals surface area contributed by atoms with Gasteiger partial charge in [0, 0.05) is 12.2 Å². The van der Waals surface area contributed by atoms with Crippen LogP contribution < -0.4 is 5.32 Å². The number of nitrogens with zero attached hydrogens (tertiary/aromatic N) is 1. The first kappa shape index (κ1) is 13.6. The molecule has 0 saturated carbocycles. The number of benzene rings is 2. The Morgan fingerprint density at radius 2 is 2.00 bits per heavy atom. The molecule has 0 saturated heterocycles. The largest absolute Gasteiger partial charge is 0.465 e. The van der Waals surface area contributed by atoms with Crippen molar-refractivity contribution in [1.82, 2.24) is 0 Å². The van der Waals surface area contributed by atoms with E-state index in [2.05, 4.69) is 16.1 Å². The van der Waals surface area contributed by atoms with Gasteiger partial charge in [0.2, 0.25) is 0 Å². The first-order valence-electron chi connectivity index (χ1n) is 6.14. The number of anilines is 1. The van der Waals surface area contributed by atoms with Crippen molar-refractivity contribution in [1.29, 1.82) is 5.26 Å². The van der Waals surface area contributed by atoms with E-state index < -0.39 is 0 Å². The fourth-order valence-corrected chi connectivity index (χ4v) is 1.78. The predicted molar refractivity (Wildman–Crippen MR) is 76.3 cm³/mol. The maximum atomic E-state index is 11.4. The zero-order valence-corrected chi connectivity index (χ0v) is 11.1. The molecule has 0 aliphatic carbocycles. The van der Waals surface area contributed by atoms with Crippen LogP contribution >= 0.6 is 0 Å². The van der Waals surface area contributed by atoms with Gasteiger partial charge in [-0.2, -0.15) is 5.26 Å². The van der Waals surface area contributed by atoms with Gasteiger partial charge in [-0.25, -0.2) is 4.79 Å². The van der Waals surface area contributed by atoms with Gasteiger partial charge in [0.25, 0.3) is 0 Å². The Balaban J connectivity index is 2.03. The molecule has 0 aromatic heterocycles. The number of nitriles is 1. The second-order valence-electron chi connectivity index (χ2n) is 4.23. The Kier molecular flexibility index (Phi) is 4.35. The number of hydrogen-bond donors (Lipinski definition) is 1. The van der Waals surface area contributed by atoms with Gasteiger partial charge >= 0.3 is 5.97 Å². The minimum atomic E-state index is -0.355. The third-order valence-electron chi connectivity index (χ3n) is 2.86. The molecule has 4 nitrogen and oxygen atoms in total. The molecule has 2 aromatic carbocycles. The van der Waals surface area contributed by atoms with E-state index in [4.69, 9.17) is 5.26 Å². The Morgan fingerprint density at radius 1 is 1.25 bits per heavy atom. The SMILES string of the molecule is COC(=O)c1cccc(NCc2ccc(C#N)cc2)c1. The van der Waals surface area contributed by atoms with E-state index in [0.29, 0.717) is 17.7 Å². The van der Waals surface area contributed by atoms with Gasteiger partial charge in [0.05, 0.1) is 24.3 Å². The molecule has 1 N–H and O–H groups in total. The average Bonchev–Trinajstić information content (AvgIpc) is 2.53. The highest BCUT2D eigenvalue weighted by Gasteiger charge is 2.05. The number of carbonyl (C=O) groups excluding carboxylic acids is 1. The van der Waals surface area contributed by atoms with Crippen molar-refractivity contribution in [2.45, 2.75) is 6.54 Å². The van der Waals surface area contributed by atoms with Crippen LogP contribution in [-0.2, 0) is 11.3 Å². The molecule has 0 bridgehead atoms. The molecule has 0 heterocycles. The lowest BCUT2D eigenvalue weighted by molar-refractivity contribution is 0.0601. The predicted octanol–water partition coefficient (Wildman–Crippen LogP) is 2.96. The minimum Gasteiger partial charge on any atom is -0.465 e. The highest BCUT2D eigenvalue weighted by molar-refractivity contribution is 5.90. The Hall–Kier alpha value is -2.80. The van der Waals surface area contributed by atoms with Crippen molar-refractivity contribution in [2.24, 2.45) is 0 Å². The highest BCUT2D eigenvalue weighted by Crippen LogP contribution is 2.13. The van der Waals surface area contributed by atoms with Crippen molar-refractivity contribution >= 4 is 11.7 Å². The van der Waals surface area contributed by atoms with E-state index in [1.165, 1.54) is 7.11 Å². The van der Waals surface area contributed by atoms with Gasteiger partial charge < -0.3 is 10.1 Å². The van der Waals surface area contributed by atoms with E-state index in [-0.39, 0.29) is 5.97 Å². The number of methoxy groups -OCH3 is 1. The molecule has 0 aliphatic heterocycles. The van der Waals surface area contributed by atoms with Crippen LogP contribution in [0.3, 0.4) is 0 Å². The zero-order chi connectivity index (χ0) is 14.4. The molecule has 2 aromatic rings. The summed E-state index contributed by atoms with van der Waals surface area (Å²) < 4.78 is 4.68. The van der Waals surface area contributed by atoms with Crippen LogP contribution in [0, 0.1) is 11.3 Å². The van der Waals surface area contributed by atoms with Gasteiger partial charge in [-0.05, 0) is 35.9 Å². The maximum absolute atomic E-state index is 11.4. The number of carbonyl (C=O) groups is 1. The van der Waals surface area contributed by atoms with Crippen LogP contribution in [0.1, 0.15) is 21.5 Å². The molecule has 2 rings (SSSR count). The van der Waals surface area contributed by atoms with Crippen LogP contribution in [0.5, 0.6) is 0 Å². The van der Waals surface area contributed by atoms with Crippen LogP contribution in [0.25, 0.3) is 0 Å². The van der Waals surface area contributed by atoms with E-state index in [9.17, 15) is 4.79 Å². The van der Waals surface area contributed by atoms with Gasteiger partial charge in [0.1, 0.15) is 0 Å². The van der Waals surface area contributed by atoms with Crippen molar-refractivity contribution in [3.05, 3.63) is 65.2 Å². The van der Waals surface area contributed by atoms with Crippen molar-refractivity contribution < 1.29 is 9.53 Å². The summed E-state index contributed by atoms with van der Waals surface area (Å²) in [4.78, 5) is 11.4. The fourth-order valence-electron chi connectivity index (χ4n) is 1.78. The molecule has 0 unspecified atom stereocenters. The van der Waals surface area contributed by atoms with E-state index in [1.54, 1.807) is 30.3 Å². The lowest BCUT2D eigenvalue weighted by Crippen LogP contribution is -2.03. The zero-order valence-electron chi connectivity index (χ0n) is 11.1. The van der Waals surface area contributed by atoms with E-state index in [1.807, 2.05) is 18.2 Å². The monoisotopic (exact) mass is 266 g/mol. The number of ether oxygens (including phenoxy) is 1. The van der Waals surface area contributed by atoms with Gasteiger partial charge in [-0.3, -0.25) is 0 Å². The molecule has 0 fully saturated rings. The normalized spacial score (nSPS) is 9.60. The minimum absolute atomic E-state index is 0.355. The molecule has 0 spiro atoms. The number of hydrogen-bond acceptors (Lipinski definition) is 4. The molecular weight excluding hydrogens is 252 g/mol. The van der Waals surface area contributed by atoms with Crippen LogP contribution in [0.15, 0.2) is 48.5 Å². The molecule has 0 atom stereocenters. The number of esters is 1. The number of rotatable bonds is 4. The lowest BCUT2D eigenvalue weighted by Gasteiger charge is -2.08. The maximum Gasteiger partial charge on any atom is 0.337 e. The molecule has 100 valence electrons. The summed E-state index contributed by atoms with van der Waals surface area (Å²) in [5.41, 5.74) is 3.06. The van der Waals surface area contributed by atoms with E-state index >= 15 is 0 Å². The Bertz CT molecular complexity index is 642. The number of nitrogens with one attached hydrogen (secondary N) is 1. The smallest absolute Gasteiger partial charge is 0.337 e. The quantitative estimate of drug-likeness (QED) is 0.864. The summed E-state index contributed by atoms with van der Waals surface area (Å²) in [7, 11) is 1.36. The van der Waals surface area contributed by atoms with Gasteiger partial charge in [0.15, 0.2) is 0 Å². The molecule has 0 amide bonds. The molecule has 20 heavy (non-hydrogen) atoms. The van der Waals surface area contributed by atoms with Crippen LogP contribution in [-0.4, -0.2) is 13.1 Å². The standard InChI is InChI=1S/C16H14N2O2/c1-20-16(19)14-3-2-4-15(9-14)18-11-13-7-5-12(10-17)6-8-13/h2-9,18H,11H2,1H3. The van der Waals surface area contributed by atoms with Gasteiger partial charge in [-0.15, -0.1) is 0 Å². The first-order chi connectivity index (χ1) is 9.72. The third-order valence-corrected chi connectivity index (χ3v) is 2.86. The fraction of sp³-hybridized carbons (Fsp3) is 0.125. The summed E-state index contributed by atoms with van der Waals surface area (Å²) in [5, 5.41) is 12.0. The molecular formula is C16H14N2O2.